The van der Waals surface area contributed by atoms with Crippen molar-refractivity contribution in [2.45, 2.75) is 33.6 Å². The van der Waals surface area contributed by atoms with E-state index in [4.69, 9.17) is 22.8 Å². The fraction of sp³-hybridized carbons (Fsp3) is 0.692. The first-order valence-corrected chi connectivity index (χ1v) is 8.39. The van der Waals surface area contributed by atoms with Crippen molar-refractivity contribution in [3.05, 3.63) is 11.6 Å². The molecule has 0 bridgehead atoms. The first-order valence-electron chi connectivity index (χ1n) is 6.81. The second-order valence-electron chi connectivity index (χ2n) is 3.90. The number of hydrogen-bond acceptors (Lipinski definition) is 5. The molecule has 0 aromatic heterocycles. The number of hydrogen-bond donors (Lipinski definition) is 2. The highest BCUT2D eigenvalue weighted by Crippen LogP contribution is 2.52. The second kappa shape index (κ2) is 10.6. The van der Waals surface area contributed by atoms with Gasteiger partial charge in [-0.3, -0.25) is 12.5 Å². The Morgan fingerprint density at radius 3 is 1.81 bits per heavy atom. The van der Waals surface area contributed by atoms with Gasteiger partial charge in [0.15, 0.2) is 0 Å². The normalized spacial score (nSPS) is 13.2. The van der Waals surface area contributed by atoms with Crippen molar-refractivity contribution < 1.29 is 32.4 Å². The lowest BCUT2D eigenvalue weighted by atomic mass is 10.1. The van der Waals surface area contributed by atoms with Crippen LogP contribution in [-0.2, 0) is 22.1 Å². The number of carboxylic acids is 2. The van der Waals surface area contributed by atoms with Crippen LogP contribution in [0, 0.1) is 0 Å². The minimum Gasteiger partial charge on any atom is -0.478 e. The molecule has 0 amide bonds. The summed E-state index contributed by atoms with van der Waals surface area (Å²) < 4.78 is 16.8. The molecule has 124 valence electrons. The van der Waals surface area contributed by atoms with Crippen molar-refractivity contribution in [1.29, 1.82) is 0 Å². The van der Waals surface area contributed by atoms with Gasteiger partial charge in [-0.05, 0) is 33.6 Å². The highest BCUT2D eigenvalue weighted by molar-refractivity contribution is 8.21. The van der Waals surface area contributed by atoms with E-state index in [1.54, 1.807) is 0 Å². The van der Waals surface area contributed by atoms with E-state index in [2.05, 4.69) is 0 Å². The Morgan fingerprint density at radius 2 is 1.48 bits per heavy atom. The van der Waals surface area contributed by atoms with E-state index in [1.165, 1.54) is 0 Å². The fourth-order valence-corrected chi connectivity index (χ4v) is 3.78. The average Bonchev–Trinajstić information content (AvgIpc) is 2.38. The standard InChI is InChI=1S/C13H24O7S/c1-4-18-21(19-5-2,20-6-3)9-7-8-11(13(16)17)10-12(14)15/h10H,4-9H2,1-3H3,(H,14,15)(H,16,17)/b11-10-. The zero-order valence-electron chi connectivity index (χ0n) is 12.7. The summed E-state index contributed by atoms with van der Waals surface area (Å²) in [5, 5.41) is 17.6. The van der Waals surface area contributed by atoms with E-state index in [1.807, 2.05) is 20.8 Å². The SMILES string of the molecule is CCOS(CCC/C(=C/C(=O)O)C(=O)O)(OCC)OCC. The van der Waals surface area contributed by atoms with Crippen LogP contribution in [0.2, 0.25) is 0 Å². The minimum atomic E-state index is -2.16. The summed E-state index contributed by atoms with van der Waals surface area (Å²) in [6, 6.07) is 0. The number of aliphatic carboxylic acids is 2. The van der Waals surface area contributed by atoms with Crippen LogP contribution in [0.25, 0.3) is 0 Å². The second-order valence-corrected chi connectivity index (χ2v) is 6.13. The largest absolute Gasteiger partial charge is 0.478 e. The molecular weight excluding hydrogens is 300 g/mol. The monoisotopic (exact) mass is 324 g/mol. The molecule has 8 heteroatoms. The van der Waals surface area contributed by atoms with Crippen LogP contribution in [0.3, 0.4) is 0 Å². The van der Waals surface area contributed by atoms with Crippen LogP contribution in [0.5, 0.6) is 0 Å². The van der Waals surface area contributed by atoms with Gasteiger partial charge < -0.3 is 10.2 Å². The van der Waals surface area contributed by atoms with Gasteiger partial charge in [0.1, 0.15) is 0 Å². The molecule has 0 fully saturated rings. The van der Waals surface area contributed by atoms with Crippen molar-refractivity contribution in [1.82, 2.24) is 0 Å². The molecule has 0 aromatic carbocycles. The molecule has 0 spiro atoms. The highest BCUT2D eigenvalue weighted by atomic mass is 32.3. The highest BCUT2D eigenvalue weighted by Gasteiger charge is 2.26. The Morgan fingerprint density at radius 1 is 1.00 bits per heavy atom. The van der Waals surface area contributed by atoms with Crippen molar-refractivity contribution in [3.63, 3.8) is 0 Å². The van der Waals surface area contributed by atoms with Crippen LogP contribution in [0.4, 0.5) is 0 Å². The molecule has 0 atom stereocenters. The van der Waals surface area contributed by atoms with Crippen LogP contribution in [-0.4, -0.2) is 47.7 Å². The summed E-state index contributed by atoms with van der Waals surface area (Å²) in [5.41, 5.74) is -0.153. The Hall–Kier alpha value is -1.09. The van der Waals surface area contributed by atoms with E-state index in [-0.39, 0.29) is 12.0 Å². The Labute approximate surface area is 126 Å². The summed E-state index contributed by atoms with van der Waals surface area (Å²) in [7, 11) is -2.16. The Bertz CT molecular complexity index is 351. The van der Waals surface area contributed by atoms with Crippen molar-refractivity contribution in [3.8, 4) is 0 Å². The first kappa shape index (κ1) is 19.9. The lowest BCUT2D eigenvalue weighted by molar-refractivity contribution is -0.135. The molecule has 2 N–H and O–H groups in total. The lowest BCUT2D eigenvalue weighted by Gasteiger charge is -2.36. The van der Waals surface area contributed by atoms with Gasteiger partial charge in [-0.1, -0.05) is 0 Å². The number of carboxylic acid groups (broad SMARTS) is 2. The van der Waals surface area contributed by atoms with Crippen LogP contribution in [0.1, 0.15) is 33.6 Å². The molecule has 0 saturated carbocycles. The van der Waals surface area contributed by atoms with E-state index < -0.39 is 22.8 Å². The first-order chi connectivity index (χ1) is 9.90. The maximum atomic E-state index is 10.9. The van der Waals surface area contributed by atoms with Crippen molar-refractivity contribution in [2.24, 2.45) is 0 Å². The zero-order chi connectivity index (χ0) is 16.3. The van der Waals surface area contributed by atoms with E-state index >= 15 is 0 Å². The third-order valence-corrected chi connectivity index (χ3v) is 4.88. The number of carbonyl (C=O) groups is 2. The molecule has 0 heterocycles. The molecular formula is C13H24O7S. The van der Waals surface area contributed by atoms with E-state index in [0.29, 0.717) is 38.1 Å². The van der Waals surface area contributed by atoms with E-state index in [0.717, 1.165) is 0 Å². The summed E-state index contributed by atoms with van der Waals surface area (Å²) in [5.74, 6) is -2.11. The molecule has 0 radical (unpaired) electrons. The van der Waals surface area contributed by atoms with Gasteiger partial charge in [0, 0.05) is 17.4 Å². The molecule has 0 rings (SSSR count). The predicted molar refractivity (Wildman–Crippen MR) is 79.9 cm³/mol. The molecule has 21 heavy (non-hydrogen) atoms. The van der Waals surface area contributed by atoms with Crippen LogP contribution < -0.4 is 0 Å². The molecule has 7 nitrogen and oxygen atoms in total. The third kappa shape index (κ3) is 8.05. The van der Waals surface area contributed by atoms with Gasteiger partial charge in [0.05, 0.1) is 30.7 Å². The molecule has 0 aliphatic carbocycles. The third-order valence-electron chi connectivity index (χ3n) is 2.31. The average molecular weight is 324 g/mol. The van der Waals surface area contributed by atoms with Crippen molar-refractivity contribution >= 4 is 22.8 Å². The Balaban J connectivity index is 4.73. The maximum absolute atomic E-state index is 10.9. The van der Waals surface area contributed by atoms with Gasteiger partial charge >= 0.3 is 11.9 Å². The molecule has 0 aromatic rings. The topological polar surface area (TPSA) is 102 Å². The summed E-state index contributed by atoms with van der Waals surface area (Å²) in [4.78, 5) is 21.5. The summed E-state index contributed by atoms with van der Waals surface area (Å²) >= 11 is 0. The van der Waals surface area contributed by atoms with E-state index in [9.17, 15) is 9.59 Å². The van der Waals surface area contributed by atoms with Crippen LogP contribution >= 0.6 is 10.9 Å². The van der Waals surface area contributed by atoms with Gasteiger partial charge in [-0.2, -0.15) is 0 Å². The summed E-state index contributed by atoms with van der Waals surface area (Å²) in [6.07, 6.45) is 1.23. The fourth-order valence-electron chi connectivity index (χ4n) is 1.65. The predicted octanol–water partition coefficient (Wildman–Crippen LogP) is 2.52. The smallest absolute Gasteiger partial charge is 0.331 e. The van der Waals surface area contributed by atoms with Crippen molar-refractivity contribution in [2.75, 3.05) is 25.6 Å². The molecule has 0 saturated heterocycles. The lowest BCUT2D eigenvalue weighted by Crippen LogP contribution is -2.17. The zero-order valence-corrected chi connectivity index (χ0v) is 13.5. The van der Waals surface area contributed by atoms with Gasteiger partial charge in [-0.25, -0.2) is 9.59 Å². The minimum absolute atomic E-state index is 0.115. The molecule has 0 aliphatic rings. The van der Waals surface area contributed by atoms with Gasteiger partial charge in [-0.15, -0.1) is 0 Å². The molecule has 0 unspecified atom stereocenters. The molecule has 0 aliphatic heterocycles. The maximum Gasteiger partial charge on any atom is 0.331 e. The van der Waals surface area contributed by atoms with Gasteiger partial charge in [0.2, 0.25) is 0 Å². The Kier molecular flexibility index (Phi) is 10.1. The van der Waals surface area contributed by atoms with Gasteiger partial charge in [0.25, 0.3) is 0 Å². The quantitative estimate of drug-likeness (QED) is 0.532. The summed E-state index contributed by atoms with van der Waals surface area (Å²) in [6.45, 7) is 6.75. The van der Waals surface area contributed by atoms with Crippen LogP contribution in [0.15, 0.2) is 11.6 Å². The number of rotatable bonds is 12.